The van der Waals surface area contributed by atoms with Gasteiger partial charge in [-0.15, -0.1) is 0 Å². The van der Waals surface area contributed by atoms with Crippen molar-refractivity contribution >= 4 is 33.2 Å². The molecule has 2 aliphatic rings. The summed E-state index contributed by atoms with van der Waals surface area (Å²) in [7, 11) is -0.957. The summed E-state index contributed by atoms with van der Waals surface area (Å²) in [5.41, 5.74) is 4.69. The van der Waals surface area contributed by atoms with E-state index in [2.05, 4.69) is 52.4 Å². The highest BCUT2D eigenvalue weighted by molar-refractivity contribution is 7.85. The standard InChI is InChI=1S/C24H28N4OS/c1-18-7-8-21-20(15-18)22(27-11-4-9-25-10-12-27)16-24(26-21)28-13-14-30(29)23-6-3-2-5-19(23)17-28/h2-3,5-8,15-16,25H,4,9-14,17H2,1H3. The number of hydrogen-bond donors (Lipinski definition) is 1. The molecule has 3 heterocycles. The van der Waals surface area contributed by atoms with Gasteiger partial charge in [-0.25, -0.2) is 4.98 Å². The van der Waals surface area contributed by atoms with Crippen LogP contribution in [0, 0.1) is 6.92 Å². The van der Waals surface area contributed by atoms with Gasteiger partial charge in [0.1, 0.15) is 5.82 Å². The number of fused-ring (bicyclic) bond motifs is 2. The van der Waals surface area contributed by atoms with Gasteiger partial charge in [0.25, 0.3) is 0 Å². The maximum Gasteiger partial charge on any atom is 0.131 e. The van der Waals surface area contributed by atoms with Crippen LogP contribution in [0.25, 0.3) is 10.9 Å². The Morgan fingerprint density at radius 3 is 2.83 bits per heavy atom. The van der Waals surface area contributed by atoms with E-state index in [-0.39, 0.29) is 0 Å². The molecular formula is C24H28N4OS. The van der Waals surface area contributed by atoms with Crippen LogP contribution in [0.15, 0.2) is 53.4 Å². The third kappa shape index (κ3) is 3.82. The van der Waals surface area contributed by atoms with Crippen molar-refractivity contribution in [1.29, 1.82) is 0 Å². The first-order valence-electron chi connectivity index (χ1n) is 10.8. The van der Waals surface area contributed by atoms with Crippen molar-refractivity contribution in [3.8, 4) is 0 Å². The van der Waals surface area contributed by atoms with Gasteiger partial charge >= 0.3 is 0 Å². The monoisotopic (exact) mass is 420 g/mol. The van der Waals surface area contributed by atoms with Crippen molar-refractivity contribution in [2.24, 2.45) is 0 Å². The molecule has 0 radical (unpaired) electrons. The van der Waals surface area contributed by atoms with E-state index in [0.717, 1.165) is 67.5 Å². The van der Waals surface area contributed by atoms with Crippen LogP contribution in [0.5, 0.6) is 0 Å². The van der Waals surface area contributed by atoms with Gasteiger partial charge in [0.05, 0.1) is 16.3 Å². The lowest BCUT2D eigenvalue weighted by molar-refractivity contribution is 0.683. The Morgan fingerprint density at radius 1 is 1.00 bits per heavy atom. The fourth-order valence-corrected chi connectivity index (χ4v) is 5.72. The minimum atomic E-state index is -0.957. The molecule has 1 atom stereocenters. The molecule has 156 valence electrons. The average molecular weight is 421 g/mol. The summed E-state index contributed by atoms with van der Waals surface area (Å²) in [4.78, 5) is 10.8. The fraction of sp³-hybridized carbons (Fsp3) is 0.375. The predicted molar refractivity (Wildman–Crippen MR) is 125 cm³/mol. The zero-order valence-corrected chi connectivity index (χ0v) is 18.3. The second-order valence-corrected chi connectivity index (χ2v) is 9.73. The Balaban J connectivity index is 1.59. The van der Waals surface area contributed by atoms with Crippen molar-refractivity contribution in [2.45, 2.75) is 24.8 Å². The smallest absolute Gasteiger partial charge is 0.131 e. The molecule has 0 spiro atoms. The zero-order chi connectivity index (χ0) is 20.5. The fourth-order valence-electron chi connectivity index (χ4n) is 4.46. The second-order valence-electron chi connectivity index (χ2n) is 8.19. The largest absolute Gasteiger partial charge is 0.370 e. The summed E-state index contributed by atoms with van der Waals surface area (Å²) in [5, 5.41) is 4.73. The summed E-state index contributed by atoms with van der Waals surface area (Å²) in [6.45, 7) is 7.74. The molecule has 5 rings (SSSR count). The highest BCUT2D eigenvalue weighted by atomic mass is 32.2. The normalized spacial score (nSPS) is 20.0. The van der Waals surface area contributed by atoms with E-state index in [1.807, 2.05) is 18.2 Å². The van der Waals surface area contributed by atoms with Crippen molar-refractivity contribution in [3.63, 3.8) is 0 Å². The number of hydrogen-bond acceptors (Lipinski definition) is 5. The molecule has 1 fully saturated rings. The lowest BCUT2D eigenvalue weighted by Gasteiger charge is -2.28. The Morgan fingerprint density at radius 2 is 1.90 bits per heavy atom. The molecule has 2 aromatic carbocycles. The highest BCUT2D eigenvalue weighted by Crippen LogP contribution is 2.33. The molecule has 6 heteroatoms. The highest BCUT2D eigenvalue weighted by Gasteiger charge is 2.22. The number of aromatic nitrogens is 1. The molecule has 1 N–H and O–H groups in total. The number of anilines is 2. The molecule has 0 bridgehead atoms. The van der Waals surface area contributed by atoms with E-state index in [9.17, 15) is 4.21 Å². The summed E-state index contributed by atoms with van der Waals surface area (Å²) in [6, 6.07) is 16.9. The van der Waals surface area contributed by atoms with Gasteiger partial charge in [-0.2, -0.15) is 0 Å². The first-order chi connectivity index (χ1) is 14.7. The predicted octanol–water partition coefficient (Wildman–Crippen LogP) is 3.47. The van der Waals surface area contributed by atoms with Crippen LogP contribution in [-0.4, -0.2) is 47.7 Å². The Kier molecular flexibility index (Phi) is 5.44. The molecule has 3 aromatic rings. The van der Waals surface area contributed by atoms with Gasteiger partial charge < -0.3 is 15.1 Å². The van der Waals surface area contributed by atoms with E-state index >= 15 is 0 Å². The molecule has 0 aliphatic carbocycles. The van der Waals surface area contributed by atoms with Crippen LogP contribution >= 0.6 is 0 Å². The van der Waals surface area contributed by atoms with E-state index < -0.39 is 10.8 Å². The number of pyridine rings is 1. The lowest BCUT2D eigenvalue weighted by Crippen LogP contribution is -2.29. The van der Waals surface area contributed by atoms with Gasteiger partial charge in [0.2, 0.25) is 0 Å². The average Bonchev–Trinajstić information content (AvgIpc) is 3.13. The van der Waals surface area contributed by atoms with Crippen molar-refractivity contribution in [3.05, 3.63) is 59.7 Å². The Hall–Kier alpha value is -2.44. The molecule has 1 aromatic heterocycles. The quantitative estimate of drug-likeness (QED) is 0.688. The lowest BCUT2D eigenvalue weighted by atomic mass is 10.1. The van der Waals surface area contributed by atoms with Crippen LogP contribution in [0.1, 0.15) is 17.5 Å². The topological polar surface area (TPSA) is 48.5 Å². The van der Waals surface area contributed by atoms with Gasteiger partial charge in [0, 0.05) is 60.5 Å². The molecule has 2 aliphatic heterocycles. The Bertz CT molecular complexity index is 1090. The maximum atomic E-state index is 12.7. The molecular weight excluding hydrogens is 392 g/mol. The minimum Gasteiger partial charge on any atom is -0.370 e. The summed E-state index contributed by atoms with van der Waals surface area (Å²) >= 11 is 0. The molecule has 1 unspecified atom stereocenters. The number of aryl methyl sites for hydroxylation is 1. The van der Waals surface area contributed by atoms with E-state index in [1.54, 1.807) is 0 Å². The van der Waals surface area contributed by atoms with E-state index in [0.29, 0.717) is 5.75 Å². The number of benzene rings is 2. The number of nitrogens with one attached hydrogen (secondary N) is 1. The van der Waals surface area contributed by atoms with Crippen LogP contribution in [-0.2, 0) is 17.3 Å². The molecule has 0 saturated carbocycles. The number of rotatable bonds is 2. The second kappa shape index (κ2) is 8.36. The van der Waals surface area contributed by atoms with E-state index in [4.69, 9.17) is 4.98 Å². The van der Waals surface area contributed by atoms with E-state index in [1.165, 1.54) is 16.6 Å². The third-order valence-electron chi connectivity index (χ3n) is 6.06. The number of nitrogens with zero attached hydrogens (tertiary/aromatic N) is 3. The van der Waals surface area contributed by atoms with Crippen LogP contribution in [0.4, 0.5) is 11.5 Å². The van der Waals surface area contributed by atoms with Gasteiger partial charge in [-0.05, 0) is 43.7 Å². The van der Waals surface area contributed by atoms with Crippen molar-refractivity contribution in [1.82, 2.24) is 10.3 Å². The molecule has 5 nitrogen and oxygen atoms in total. The first kappa shape index (κ1) is 19.5. The van der Waals surface area contributed by atoms with Crippen LogP contribution in [0.3, 0.4) is 0 Å². The van der Waals surface area contributed by atoms with Crippen molar-refractivity contribution < 1.29 is 4.21 Å². The van der Waals surface area contributed by atoms with Crippen LogP contribution in [0.2, 0.25) is 0 Å². The summed E-state index contributed by atoms with van der Waals surface area (Å²) in [6.07, 6.45) is 1.14. The molecule has 0 amide bonds. The SMILES string of the molecule is Cc1ccc2nc(N3CCS(=O)c4ccccc4C3)cc(N3CCCNCC3)c2c1. The van der Waals surface area contributed by atoms with Gasteiger partial charge in [-0.3, -0.25) is 4.21 Å². The molecule has 1 saturated heterocycles. The van der Waals surface area contributed by atoms with Gasteiger partial charge in [-0.1, -0.05) is 29.8 Å². The zero-order valence-electron chi connectivity index (χ0n) is 17.4. The maximum absolute atomic E-state index is 12.7. The molecule has 30 heavy (non-hydrogen) atoms. The first-order valence-corrected chi connectivity index (χ1v) is 12.1. The van der Waals surface area contributed by atoms with Gasteiger partial charge in [0.15, 0.2) is 0 Å². The minimum absolute atomic E-state index is 0.633. The summed E-state index contributed by atoms with van der Waals surface area (Å²) < 4.78 is 12.7. The van der Waals surface area contributed by atoms with Crippen molar-refractivity contribution in [2.75, 3.05) is 48.3 Å². The summed E-state index contributed by atoms with van der Waals surface area (Å²) in [5.74, 6) is 1.61. The Labute approximate surface area is 180 Å². The van der Waals surface area contributed by atoms with Crippen LogP contribution < -0.4 is 15.1 Å². The third-order valence-corrected chi connectivity index (χ3v) is 7.50.